The molecule has 2 aliphatic heterocycles. The summed E-state index contributed by atoms with van der Waals surface area (Å²) in [6, 6.07) is 0. The van der Waals surface area contributed by atoms with Crippen LogP contribution in [0.4, 0.5) is 4.79 Å². The van der Waals surface area contributed by atoms with Crippen molar-refractivity contribution in [3.8, 4) is 0 Å². The molecule has 0 radical (unpaired) electrons. The fraction of sp³-hybridized carbons (Fsp3) is 0.889. The summed E-state index contributed by atoms with van der Waals surface area (Å²) in [7, 11) is 0. The molecule has 0 aromatic rings. The van der Waals surface area contributed by atoms with Crippen molar-refractivity contribution in [3.63, 3.8) is 0 Å². The molecule has 0 spiro atoms. The normalized spacial score (nSPS) is 29.9. The number of amides is 2. The van der Waals surface area contributed by atoms with Crippen LogP contribution >= 0.6 is 0 Å². The monoisotopic (exact) mass is 325 g/mol. The second-order valence-electron chi connectivity index (χ2n) is 9.24. The third-order valence-corrected chi connectivity index (χ3v) is 4.60. The summed E-state index contributed by atoms with van der Waals surface area (Å²) in [5.74, 6) is 0.155. The highest BCUT2D eigenvalue weighted by molar-refractivity contribution is 5.96. The highest BCUT2D eigenvalue weighted by Crippen LogP contribution is 2.41. The molecule has 0 bridgehead atoms. The largest absolute Gasteiger partial charge is 0.443 e. The lowest BCUT2D eigenvalue weighted by atomic mass is 9.86. The van der Waals surface area contributed by atoms with Crippen LogP contribution in [0.1, 0.15) is 67.7 Å². The first-order chi connectivity index (χ1) is 10.3. The van der Waals surface area contributed by atoms with Gasteiger partial charge in [0.1, 0.15) is 5.60 Å². The van der Waals surface area contributed by atoms with Gasteiger partial charge < -0.3 is 9.47 Å². The molecule has 2 fully saturated rings. The van der Waals surface area contributed by atoms with Gasteiger partial charge in [-0.15, -0.1) is 0 Å². The zero-order valence-corrected chi connectivity index (χ0v) is 15.6. The Hall–Kier alpha value is -1.10. The van der Waals surface area contributed by atoms with E-state index < -0.39 is 17.2 Å². The Labute approximate surface area is 139 Å². The summed E-state index contributed by atoms with van der Waals surface area (Å²) in [4.78, 5) is 26.5. The number of ether oxygens (including phenoxy) is 2. The Morgan fingerprint density at radius 3 is 2.35 bits per heavy atom. The lowest BCUT2D eigenvalue weighted by molar-refractivity contribution is -0.132. The van der Waals surface area contributed by atoms with Crippen LogP contribution in [0.5, 0.6) is 0 Å². The maximum absolute atomic E-state index is 12.8. The van der Waals surface area contributed by atoms with Crippen molar-refractivity contribution in [2.75, 3.05) is 6.61 Å². The van der Waals surface area contributed by atoms with Crippen molar-refractivity contribution in [2.24, 2.45) is 11.8 Å². The lowest BCUT2D eigenvalue weighted by Crippen LogP contribution is -2.47. The molecule has 2 amide bonds. The zero-order chi connectivity index (χ0) is 17.6. The van der Waals surface area contributed by atoms with E-state index in [0.29, 0.717) is 18.9 Å². The standard InChI is InChI=1S/C18H31NO4/c1-16(2,3)23-15(21)19-14(20)13(10-17(19,4)5)8-12-9-18(6,7)22-11-12/h12-13H,8-11H2,1-7H3/t12-,13?/m1/s1. The molecular weight excluding hydrogens is 294 g/mol. The van der Waals surface area contributed by atoms with Crippen LogP contribution in [0.15, 0.2) is 0 Å². The smallest absolute Gasteiger partial charge is 0.417 e. The van der Waals surface area contributed by atoms with Crippen molar-refractivity contribution in [2.45, 2.75) is 84.5 Å². The van der Waals surface area contributed by atoms with Crippen LogP contribution in [0.25, 0.3) is 0 Å². The summed E-state index contributed by atoms with van der Waals surface area (Å²) in [5.41, 5.74) is -1.21. The van der Waals surface area contributed by atoms with E-state index in [4.69, 9.17) is 9.47 Å². The second kappa shape index (κ2) is 5.76. The summed E-state index contributed by atoms with van der Waals surface area (Å²) in [6.07, 6.45) is 1.90. The summed E-state index contributed by atoms with van der Waals surface area (Å²) in [6.45, 7) is 14.2. The molecule has 2 rings (SSSR count). The van der Waals surface area contributed by atoms with Crippen molar-refractivity contribution < 1.29 is 19.1 Å². The van der Waals surface area contributed by atoms with Crippen molar-refractivity contribution in [1.29, 1.82) is 0 Å². The number of carbonyl (C=O) groups excluding carboxylic acids is 2. The Kier molecular flexibility index (Phi) is 4.57. The van der Waals surface area contributed by atoms with Crippen LogP contribution < -0.4 is 0 Å². The molecule has 5 nitrogen and oxygen atoms in total. The Bertz CT molecular complexity index is 490. The van der Waals surface area contributed by atoms with Crippen LogP contribution in [0.2, 0.25) is 0 Å². The first-order valence-corrected chi connectivity index (χ1v) is 8.52. The minimum absolute atomic E-state index is 0.103. The van der Waals surface area contributed by atoms with Gasteiger partial charge in [-0.25, -0.2) is 9.69 Å². The zero-order valence-electron chi connectivity index (χ0n) is 15.6. The maximum Gasteiger partial charge on any atom is 0.417 e. The van der Waals surface area contributed by atoms with Gasteiger partial charge in [-0.05, 0) is 73.6 Å². The number of hydrogen-bond acceptors (Lipinski definition) is 4. The molecule has 0 aromatic heterocycles. The minimum Gasteiger partial charge on any atom is -0.443 e. The molecule has 2 saturated heterocycles. The second-order valence-corrected chi connectivity index (χ2v) is 9.24. The molecule has 23 heavy (non-hydrogen) atoms. The fourth-order valence-corrected chi connectivity index (χ4v) is 3.80. The van der Waals surface area contributed by atoms with E-state index in [9.17, 15) is 9.59 Å². The third-order valence-electron chi connectivity index (χ3n) is 4.60. The van der Waals surface area contributed by atoms with Crippen molar-refractivity contribution in [3.05, 3.63) is 0 Å². The van der Waals surface area contributed by atoms with Crippen LogP contribution in [0.3, 0.4) is 0 Å². The molecular formula is C18H31NO4. The molecule has 5 heteroatoms. The first kappa shape index (κ1) is 18.2. The number of imide groups is 1. The molecule has 2 aliphatic rings. The predicted octanol–water partition coefficient (Wildman–Crippen LogP) is 3.75. The Morgan fingerprint density at radius 2 is 1.87 bits per heavy atom. The van der Waals surface area contributed by atoms with Gasteiger partial charge in [-0.3, -0.25) is 4.79 Å². The molecule has 0 saturated carbocycles. The number of likely N-dealkylation sites (tertiary alicyclic amines) is 1. The van der Waals surface area contributed by atoms with Crippen LogP contribution in [-0.2, 0) is 14.3 Å². The van der Waals surface area contributed by atoms with E-state index in [2.05, 4.69) is 13.8 Å². The number of carbonyl (C=O) groups is 2. The van der Waals surface area contributed by atoms with Gasteiger partial charge in [0.15, 0.2) is 0 Å². The van der Waals surface area contributed by atoms with E-state index >= 15 is 0 Å². The van der Waals surface area contributed by atoms with E-state index in [1.165, 1.54) is 4.90 Å². The average Bonchev–Trinajstić information content (AvgIpc) is 2.74. The number of hydrogen-bond donors (Lipinski definition) is 0. The first-order valence-electron chi connectivity index (χ1n) is 8.52. The molecule has 0 aromatic carbocycles. The summed E-state index contributed by atoms with van der Waals surface area (Å²) in [5, 5.41) is 0. The van der Waals surface area contributed by atoms with Gasteiger partial charge in [-0.1, -0.05) is 0 Å². The number of nitrogens with zero attached hydrogens (tertiary/aromatic N) is 1. The fourth-order valence-electron chi connectivity index (χ4n) is 3.80. The van der Waals surface area contributed by atoms with Gasteiger partial charge in [0.2, 0.25) is 5.91 Å². The SMILES string of the molecule is CC(C)(C)OC(=O)N1C(=O)C(C[C@H]2COC(C)(C)C2)CC1(C)C. The third kappa shape index (κ3) is 4.25. The van der Waals surface area contributed by atoms with Crippen molar-refractivity contribution in [1.82, 2.24) is 4.90 Å². The van der Waals surface area contributed by atoms with E-state index in [0.717, 1.165) is 12.8 Å². The van der Waals surface area contributed by atoms with Gasteiger partial charge in [-0.2, -0.15) is 0 Å². The van der Waals surface area contributed by atoms with Crippen molar-refractivity contribution >= 4 is 12.0 Å². The Balaban J connectivity index is 2.06. The highest BCUT2D eigenvalue weighted by atomic mass is 16.6. The molecule has 0 aliphatic carbocycles. The average molecular weight is 325 g/mol. The van der Waals surface area contributed by atoms with Gasteiger partial charge in [0.05, 0.1) is 12.2 Å². The van der Waals surface area contributed by atoms with Crippen LogP contribution in [0, 0.1) is 11.8 Å². The summed E-state index contributed by atoms with van der Waals surface area (Å²) < 4.78 is 11.2. The minimum atomic E-state index is -0.602. The molecule has 132 valence electrons. The van der Waals surface area contributed by atoms with E-state index in [-0.39, 0.29) is 17.4 Å². The maximum atomic E-state index is 12.8. The number of rotatable bonds is 2. The van der Waals surface area contributed by atoms with Crippen LogP contribution in [-0.4, -0.2) is 40.2 Å². The topological polar surface area (TPSA) is 55.8 Å². The van der Waals surface area contributed by atoms with E-state index in [1.807, 2.05) is 34.6 Å². The molecule has 2 atom stereocenters. The summed E-state index contributed by atoms with van der Waals surface area (Å²) >= 11 is 0. The predicted molar refractivity (Wildman–Crippen MR) is 88.0 cm³/mol. The highest BCUT2D eigenvalue weighted by Gasteiger charge is 2.50. The molecule has 2 heterocycles. The van der Waals surface area contributed by atoms with Gasteiger partial charge in [0.25, 0.3) is 0 Å². The lowest BCUT2D eigenvalue weighted by Gasteiger charge is -2.31. The quantitative estimate of drug-likeness (QED) is 0.776. The Morgan fingerprint density at radius 1 is 1.26 bits per heavy atom. The van der Waals surface area contributed by atoms with Gasteiger partial charge >= 0.3 is 6.09 Å². The van der Waals surface area contributed by atoms with Gasteiger partial charge in [0, 0.05) is 11.5 Å². The molecule has 1 unspecified atom stereocenters. The van der Waals surface area contributed by atoms with E-state index in [1.54, 1.807) is 0 Å². The molecule has 0 N–H and O–H groups in total.